The van der Waals surface area contributed by atoms with Gasteiger partial charge in [-0.15, -0.1) is 0 Å². The molecule has 0 aromatic carbocycles. The predicted molar refractivity (Wildman–Crippen MR) is 42.1 cm³/mol. The van der Waals surface area contributed by atoms with Crippen LogP contribution in [0.2, 0.25) is 0 Å². The van der Waals surface area contributed by atoms with Gasteiger partial charge in [-0.3, -0.25) is 4.90 Å². The summed E-state index contributed by atoms with van der Waals surface area (Å²) in [6.45, 7) is 7.30. The molecule has 0 bridgehead atoms. The summed E-state index contributed by atoms with van der Waals surface area (Å²) in [4.78, 5) is 2.50. The molecule has 0 amide bonds. The van der Waals surface area contributed by atoms with E-state index in [9.17, 15) is 0 Å². The molecule has 2 aliphatic heterocycles. The van der Waals surface area contributed by atoms with Crippen molar-refractivity contribution in [2.24, 2.45) is 0 Å². The molecule has 1 spiro atoms. The van der Waals surface area contributed by atoms with Crippen molar-refractivity contribution in [3.05, 3.63) is 0 Å². The van der Waals surface area contributed by atoms with Gasteiger partial charge < -0.3 is 5.32 Å². The summed E-state index contributed by atoms with van der Waals surface area (Å²) in [5, 5.41) is 3.59. The second-order valence-corrected chi connectivity index (χ2v) is 3.61. The van der Waals surface area contributed by atoms with Gasteiger partial charge in [0.1, 0.15) is 0 Å². The highest BCUT2D eigenvalue weighted by molar-refractivity contribution is 5.04. The summed E-state index contributed by atoms with van der Waals surface area (Å²) in [6.07, 6.45) is 2.79. The highest BCUT2D eigenvalue weighted by atomic mass is 15.3. The Balaban J connectivity index is 1.86. The SMILES string of the molecule is CCN1CC2(CCCN2)C1. The molecule has 0 radical (unpaired) electrons. The first kappa shape index (κ1) is 6.62. The first-order chi connectivity index (χ1) is 4.85. The van der Waals surface area contributed by atoms with Gasteiger partial charge in [0.2, 0.25) is 0 Å². The van der Waals surface area contributed by atoms with Crippen LogP contribution in [0, 0.1) is 0 Å². The minimum Gasteiger partial charge on any atom is -0.309 e. The zero-order valence-electron chi connectivity index (χ0n) is 6.69. The summed E-state index contributed by atoms with van der Waals surface area (Å²) < 4.78 is 0. The lowest BCUT2D eigenvalue weighted by Crippen LogP contribution is -2.66. The summed E-state index contributed by atoms with van der Waals surface area (Å²) in [6, 6.07) is 0. The number of nitrogens with zero attached hydrogens (tertiary/aromatic N) is 1. The molecular weight excluding hydrogens is 124 g/mol. The van der Waals surface area contributed by atoms with Crippen LogP contribution in [-0.4, -0.2) is 36.6 Å². The lowest BCUT2D eigenvalue weighted by Gasteiger charge is -2.48. The van der Waals surface area contributed by atoms with Gasteiger partial charge in [0, 0.05) is 18.6 Å². The molecule has 0 saturated carbocycles. The average molecular weight is 140 g/mol. The van der Waals surface area contributed by atoms with Crippen molar-refractivity contribution < 1.29 is 0 Å². The lowest BCUT2D eigenvalue weighted by atomic mass is 9.88. The van der Waals surface area contributed by atoms with Gasteiger partial charge >= 0.3 is 0 Å². The Morgan fingerprint density at radius 3 is 2.80 bits per heavy atom. The van der Waals surface area contributed by atoms with Gasteiger partial charge in [-0.1, -0.05) is 6.92 Å². The van der Waals surface area contributed by atoms with Crippen LogP contribution in [0.1, 0.15) is 19.8 Å². The molecule has 1 N–H and O–H groups in total. The molecule has 10 heavy (non-hydrogen) atoms. The third-order valence-electron chi connectivity index (χ3n) is 2.83. The highest BCUT2D eigenvalue weighted by Crippen LogP contribution is 2.28. The van der Waals surface area contributed by atoms with E-state index in [1.165, 1.54) is 39.0 Å². The minimum absolute atomic E-state index is 0.565. The van der Waals surface area contributed by atoms with Crippen molar-refractivity contribution in [2.75, 3.05) is 26.2 Å². The van der Waals surface area contributed by atoms with Crippen LogP contribution in [0.3, 0.4) is 0 Å². The van der Waals surface area contributed by atoms with Crippen LogP contribution in [0.15, 0.2) is 0 Å². The molecular formula is C8H16N2. The first-order valence-corrected chi connectivity index (χ1v) is 4.32. The summed E-state index contributed by atoms with van der Waals surface area (Å²) in [7, 11) is 0. The highest BCUT2D eigenvalue weighted by Gasteiger charge is 2.43. The molecule has 2 nitrogen and oxygen atoms in total. The van der Waals surface area contributed by atoms with Gasteiger partial charge in [-0.2, -0.15) is 0 Å². The third kappa shape index (κ3) is 0.867. The smallest absolute Gasteiger partial charge is 0.0437 e. The van der Waals surface area contributed by atoms with E-state index in [4.69, 9.17) is 0 Å². The van der Waals surface area contributed by atoms with Gasteiger partial charge in [-0.05, 0) is 25.9 Å². The molecule has 2 aliphatic rings. The summed E-state index contributed by atoms with van der Waals surface area (Å²) in [5.74, 6) is 0. The maximum Gasteiger partial charge on any atom is 0.0437 e. The van der Waals surface area contributed by atoms with Gasteiger partial charge in [-0.25, -0.2) is 0 Å². The maximum absolute atomic E-state index is 3.59. The van der Waals surface area contributed by atoms with Crippen molar-refractivity contribution in [1.82, 2.24) is 10.2 Å². The molecule has 0 aromatic rings. The van der Waals surface area contributed by atoms with E-state index in [-0.39, 0.29) is 0 Å². The Morgan fingerprint density at radius 1 is 1.50 bits per heavy atom. The van der Waals surface area contributed by atoms with E-state index in [0.717, 1.165) is 0 Å². The van der Waals surface area contributed by atoms with Crippen molar-refractivity contribution in [1.29, 1.82) is 0 Å². The fourth-order valence-electron chi connectivity index (χ4n) is 2.17. The Bertz CT molecular complexity index is 119. The van der Waals surface area contributed by atoms with E-state index < -0.39 is 0 Å². The zero-order chi connectivity index (χ0) is 7.03. The monoisotopic (exact) mass is 140 g/mol. The molecule has 58 valence electrons. The molecule has 2 saturated heterocycles. The predicted octanol–water partition coefficient (Wildman–Crippen LogP) is 0.444. The van der Waals surface area contributed by atoms with E-state index >= 15 is 0 Å². The van der Waals surface area contributed by atoms with Gasteiger partial charge in [0.25, 0.3) is 0 Å². The molecule has 2 rings (SSSR count). The summed E-state index contributed by atoms with van der Waals surface area (Å²) in [5.41, 5.74) is 0.565. The Hall–Kier alpha value is -0.0800. The number of likely N-dealkylation sites (tertiary alicyclic amines) is 1. The second-order valence-electron chi connectivity index (χ2n) is 3.61. The van der Waals surface area contributed by atoms with Gasteiger partial charge in [0.05, 0.1) is 0 Å². The molecule has 0 aliphatic carbocycles. The molecule has 2 heterocycles. The van der Waals surface area contributed by atoms with Crippen LogP contribution < -0.4 is 5.32 Å². The van der Waals surface area contributed by atoms with Crippen LogP contribution >= 0.6 is 0 Å². The molecule has 0 unspecified atom stereocenters. The quantitative estimate of drug-likeness (QED) is 0.568. The van der Waals surface area contributed by atoms with E-state index in [1.807, 2.05) is 0 Å². The maximum atomic E-state index is 3.59. The number of likely N-dealkylation sites (N-methyl/N-ethyl adjacent to an activating group) is 1. The number of hydrogen-bond acceptors (Lipinski definition) is 2. The topological polar surface area (TPSA) is 15.3 Å². The first-order valence-electron chi connectivity index (χ1n) is 4.32. The molecule has 0 atom stereocenters. The van der Waals surface area contributed by atoms with Crippen molar-refractivity contribution >= 4 is 0 Å². The van der Waals surface area contributed by atoms with E-state index in [2.05, 4.69) is 17.1 Å². The summed E-state index contributed by atoms with van der Waals surface area (Å²) >= 11 is 0. The third-order valence-corrected chi connectivity index (χ3v) is 2.83. The largest absolute Gasteiger partial charge is 0.309 e. The van der Waals surface area contributed by atoms with Crippen LogP contribution in [0.5, 0.6) is 0 Å². The fraction of sp³-hybridized carbons (Fsp3) is 1.00. The minimum atomic E-state index is 0.565. The molecule has 2 fully saturated rings. The van der Waals surface area contributed by atoms with Crippen LogP contribution in [0.25, 0.3) is 0 Å². The normalized spacial score (nSPS) is 30.9. The van der Waals surface area contributed by atoms with E-state index in [1.54, 1.807) is 0 Å². The number of nitrogens with one attached hydrogen (secondary N) is 1. The fourth-order valence-corrected chi connectivity index (χ4v) is 2.17. The molecule has 0 aromatic heterocycles. The molecule has 2 heteroatoms. The Morgan fingerprint density at radius 2 is 2.30 bits per heavy atom. The average Bonchev–Trinajstić information content (AvgIpc) is 2.30. The second kappa shape index (κ2) is 2.21. The Labute approximate surface area is 62.6 Å². The van der Waals surface area contributed by atoms with Crippen LogP contribution in [0.4, 0.5) is 0 Å². The van der Waals surface area contributed by atoms with E-state index in [0.29, 0.717) is 5.54 Å². The van der Waals surface area contributed by atoms with Crippen molar-refractivity contribution in [3.8, 4) is 0 Å². The number of rotatable bonds is 1. The Kier molecular flexibility index (Phi) is 1.46. The van der Waals surface area contributed by atoms with Crippen LogP contribution in [-0.2, 0) is 0 Å². The lowest BCUT2D eigenvalue weighted by molar-refractivity contribution is 0.0612. The van der Waals surface area contributed by atoms with Crippen molar-refractivity contribution in [2.45, 2.75) is 25.3 Å². The van der Waals surface area contributed by atoms with Gasteiger partial charge in [0.15, 0.2) is 0 Å². The number of hydrogen-bond donors (Lipinski definition) is 1. The van der Waals surface area contributed by atoms with Crippen molar-refractivity contribution in [3.63, 3.8) is 0 Å². The standard InChI is InChI=1S/C8H16N2/c1-2-10-6-8(7-10)4-3-5-9-8/h9H,2-7H2,1H3. The zero-order valence-corrected chi connectivity index (χ0v) is 6.69.